The van der Waals surface area contributed by atoms with E-state index in [1.807, 2.05) is 12.1 Å². The number of rotatable bonds is 2. The molecule has 0 aliphatic heterocycles. The standard InChI is InChI=1S/C13H10FNO/c1-9(16)10-2-4-11(5-3-10)12-6-7-13(14)15-8-12/h2-8H,1H3. The van der Waals surface area contributed by atoms with Crippen molar-refractivity contribution in [2.75, 3.05) is 0 Å². The van der Waals surface area contributed by atoms with Crippen LogP contribution in [0.2, 0.25) is 0 Å². The van der Waals surface area contributed by atoms with E-state index >= 15 is 0 Å². The summed E-state index contributed by atoms with van der Waals surface area (Å²) >= 11 is 0. The maximum Gasteiger partial charge on any atom is 0.212 e. The van der Waals surface area contributed by atoms with Crippen molar-refractivity contribution < 1.29 is 9.18 Å². The number of ketones is 1. The lowest BCUT2D eigenvalue weighted by Crippen LogP contribution is -1.91. The molecule has 0 spiro atoms. The van der Waals surface area contributed by atoms with Crippen LogP contribution in [-0.2, 0) is 0 Å². The second-order valence-electron chi connectivity index (χ2n) is 3.50. The maximum absolute atomic E-state index is 12.6. The first-order valence-electron chi connectivity index (χ1n) is 4.90. The summed E-state index contributed by atoms with van der Waals surface area (Å²) in [7, 11) is 0. The van der Waals surface area contributed by atoms with Gasteiger partial charge >= 0.3 is 0 Å². The topological polar surface area (TPSA) is 30.0 Å². The van der Waals surface area contributed by atoms with E-state index in [0.29, 0.717) is 5.56 Å². The summed E-state index contributed by atoms with van der Waals surface area (Å²) in [5.41, 5.74) is 2.41. The zero-order valence-electron chi connectivity index (χ0n) is 8.77. The van der Waals surface area contributed by atoms with Crippen LogP contribution in [0.15, 0.2) is 42.6 Å². The second-order valence-corrected chi connectivity index (χ2v) is 3.50. The molecular weight excluding hydrogens is 205 g/mol. The van der Waals surface area contributed by atoms with Gasteiger partial charge in [0.1, 0.15) is 0 Å². The lowest BCUT2D eigenvalue weighted by Gasteiger charge is -2.01. The zero-order chi connectivity index (χ0) is 11.5. The number of Topliss-reactive ketones (excluding diaryl/α,β-unsaturated/α-hetero) is 1. The van der Waals surface area contributed by atoms with Crippen LogP contribution in [0.1, 0.15) is 17.3 Å². The van der Waals surface area contributed by atoms with Gasteiger partial charge in [-0.15, -0.1) is 0 Å². The van der Waals surface area contributed by atoms with Crippen molar-refractivity contribution in [3.05, 3.63) is 54.1 Å². The number of halogens is 1. The lowest BCUT2D eigenvalue weighted by atomic mass is 10.0. The molecule has 0 saturated carbocycles. The number of carbonyl (C=O) groups is 1. The number of pyridine rings is 1. The first-order chi connectivity index (χ1) is 7.66. The monoisotopic (exact) mass is 215 g/mol. The van der Waals surface area contributed by atoms with Crippen LogP contribution >= 0.6 is 0 Å². The predicted octanol–water partition coefficient (Wildman–Crippen LogP) is 3.09. The Hall–Kier alpha value is -2.03. The number of aromatic nitrogens is 1. The molecule has 1 heterocycles. The van der Waals surface area contributed by atoms with Crippen molar-refractivity contribution in [1.29, 1.82) is 0 Å². The van der Waals surface area contributed by atoms with Crippen molar-refractivity contribution >= 4 is 5.78 Å². The number of benzene rings is 1. The largest absolute Gasteiger partial charge is 0.295 e. The molecule has 16 heavy (non-hydrogen) atoms. The average molecular weight is 215 g/mol. The number of hydrogen-bond acceptors (Lipinski definition) is 2. The summed E-state index contributed by atoms with van der Waals surface area (Å²) in [6.45, 7) is 1.52. The Balaban J connectivity index is 2.34. The third kappa shape index (κ3) is 2.14. The van der Waals surface area contributed by atoms with Gasteiger partial charge in [-0.2, -0.15) is 4.39 Å². The van der Waals surface area contributed by atoms with Crippen molar-refractivity contribution in [3.8, 4) is 11.1 Å². The van der Waals surface area contributed by atoms with Crippen LogP contribution in [-0.4, -0.2) is 10.8 Å². The van der Waals surface area contributed by atoms with Crippen LogP contribution in [0, 0.1) is 5.95 Å². The molecular formula is C13H10FNO. The summed E-state index contributed by atoms with van der Waals surface area (Å²) in [6, 6.07) is 10.1. The summed E-state index contributed by atoms with van der Waals surface area (Å²) in [5, 5.41) is 0. The van der Waals surface area contributed by atoms with Gasteiger partial charge in [0.2, 0.25) is 5.95 Å². The van der Waals surface area contributed by atoms with Crippen LogP contribution in [0.3, 0.4) is 0 Å². The molecule has 0 amide bonds. The van der Waals surface area contributed by atoms with E-state index in [1.165, 1.54) is 19.2 Å². The van der Waals surface area contributed by atoms with Gasteiger partial charge < -0.3 is 0 Å². The van der Waals surface area contributed by atoms with Gasteiger partial charge in [0, 0.05) is 17.3 Å². The molecule has 1 aromatic carbocycles. The molecule has 3 heteroatoms. The smallest absolute Gasteiger partial charge is 0.212 e. The fraction of sp³-hybridized carbons (Fsp3) is 0.0769. The van der Waals surface area contributed by atoms with Gasteiger partial charge in [0.05, 0.1) is 0 Å². The highest BCUT2D eigenvalue weighted by atomic mass is 19.1. The van der Waals surface area contributed by atoms with Crippen LogP contribution in [0.25, 0.3) is 11.1 Å². The van der Waals surface area contributed by atoms with Crippen LogP contribution in [0.5, 0.6) is 0 Å². The molecule has 0 unspecified atom stereocenters. The summed E-state index contributed by atoms with van der Waals surface area (Å²) in [6.07, 6.45) is 1.47. The van der Waals surface area contributed by atoms with Gasteiger partial charge in [0.15, 0.2) is 5.78 Å². The summed E-state index contributed by atoms with van der Waals surface area (Å²) in [4.78, 5) is 14.7. The van der Waals surface area contributed by atoms with E-state index in [4.69, 9.17) is 0 Å². The molecule has 0 bridgehead atoms. The maximum atomic E-state index is 12.6. The molecule has 2 aromatic rings. The number of carbonyl (C=O) groups excluding carboxylic acids is 1. The first-order valence-corrected chi connectivity index (χ1v) is 4.90. The molecule has 0 N–H and O–H groups in total. The quantitative estimate of drug-likeness (QED) is 0.569. The van der Waals surface area contributed by atoms with Crippen molar-refractivity contribution in [1.82, 2.24) is 4.98 Å². The second kappa shape index (κ2) is 4.23. The third-order valence-electron chi connectivity index (χ3n) is 2.35. The molecule has 0 radical (unpaired) electrons. The minimum Gasteiger partial charge on any atom is -0.295 e. The fourth-order valence-corrected chi connectivity index (χ4v) is 1.44. The Labute approximate surface area is 92.8 Å². The van der Waals surface area contributed by atoms with E-state index in [9.17, 15) is 9.18 Å². The van der Waals surface area contributed by atoms with E-state index < -0.39 is 5.95 Å². The predicted molar refractivity (Wildman–Crippen MR) is 59.6 cm³/mol. The van der Waals surface area contributed by atoms with E-state index in [1.54, 1.807) is 18.2 Å². The summed E-state index contributed by atoms with van der Waals surface area (Å²) < 4.78 is 12.6. The highest BCUT2D eigenvalue weighted by molar-refractivity contribution is 5.94. The third-order valence-corrected chi connectivity index (χ3v) is 2.35. The molecule has 0 atom stereocenters. The minimum absolute atomic E-state index is 0.0313. The van der Waals surface area contributed by atoms with Crippen molar-refractivity contribution in [2.45, 2.75) is 6.92 Å². The summed E-state index contributed by atoms with van der Waals surface area (Å²) in [5.74, 6) is -0.465. The number of nitrogens with zero attached hydrogens (tertiary/aromatic N) is 1. The van der Waals surface area contributed by atoms with Gasteiger partial charge in [-0.3, -0.25) is 4.79 Å². The Bertz CT molecular complexity index is 502. The molecule has 0 aliphatic carbocycles. The van der Waals surface area contributed by atoms with E-state index in [2.05, 4.69) is 4.98 Å². The Morgan fingerprint density at radius 3 is 2.19 bits per heavy atom. The lowest BCUT2D eigenvalue weighted by molar-refractivity contribution is 0.101. The van der Waals surface area contributed by atoms with Gasteiger partial charge in [0.25, 0.3) is 0 Å². The molecule has 0 aliphatic rings. The highest BCUT2D eigenvalue weighted by Gasteiger charge is 2.01. The Morgan fingerprint density at radius 1 is 1.06 bits per heavy atom. The zero-order valence-corrected chi connectivity index (χ0v) is 8.77. The highest BCUT2D eigenvalue weighted by Crippen LogP contribution is 2.18. The van der Waals surface area contributed by atoms with Crippen LogP contribution < -0.4 is 0 Å². The molecule has 0 saturated heterocycles. The average Bonchev–Trinajstić information content (AvgIpc) is 2.30. The fourth-order valence-electron chi connectivity index (χ4n) is 1.44. The molecule has 2 nitrogen and oxygen atoms in total. The first kappa shape index (κ1) is 10.5. The number of hydrogen-bond donors (Lipinski definition) is 0. The van der Waals surface area contributed by atoms with E-state index in [-0.39, 0.29) is 5.78 Å². The normalized spacial score (nSPS) is 10.1. The Kier molecular flexibility index (Phi) is 2.77. The molecule has 80 valence electrons. The van der Waals surface area contributed by atoms with Crippen LogP contribution in [0.4, 0.5) is 4.39 Å². The molecule has 0 fully saturated rings. The van der Waals surface area contributed by atoms with Crippen molar-refractivity contribution in [3.63, 3.8) is 0 Å². The molecule has 2 rings (SSSR count). The van der Waals surface area contributed by atoms with Gasteiger partial charge in [-0.05, 0) is 24.6 Å². The SMILES string of the molecule is CC(=O)c1ccc(-c2ccc(F)nc2)cc1. The van der Waals surface area contributed by atoms with Gasteiger partial charge in [-0.1, -0.05) is 24.3 Å². The van der Waals surface area contributed by atoms with E-state index in [0.717, 1.165) is 11.1 Å². The molecule has 1 aromatic heterocycles. The van der Waals surface area contributed by atoms with Crippen molar-refractivity contribution in [2.24, 2.45) is 0 Å². The van der Waals surface area contributed by atoms with Gasteiger partial charge in [-0.25, -0.2) is 4.98 Å². The minimum atomic E-state index is -0.496. The Morgan fingerprint density at radius 2 is 1.69 bits per heavy atom.